The molecule has 0 saturated carbocycles. The van der Waals surface area contributed by atoms with E-state index >= 15 is 0 Å². The summed E-state index contributed by atoms with van der Waals surface area (Å²) in [6.07, 6.45) is 1.02. The quantitative estimate of drug-likeness (QED) is 0.633. The molecular formula is C13H17N3O4. The first-order valence-corrected chi connectivity index (χ1v) is 6.50. The normalized spacial score (nSPS) is 16.9. The van der Waals surface area contributed by atoms with Crippen LogP contribution >= 0.6 is 0 Å². The minimum atomic E-state index is -0.521. The summed E-state index contributed by atoms with van der Waals surface area (Å²) in [4.78, 5) is 24.2. The maximum Gasteiger partial charge on any atom is 0.292 e. The van der Waals surface area contributed by atoms with Gasteiger partial charge >= 0.3 is 0 Å². The molecule has 1 aromatic carbocycles. The summed E-state index contributed by atoms with van der Waals surface area (Å²) >= 11 is 0. The van der Waals surface area contributed by atoms with E-state index in [-0.39, 0.29) is 29.9 Å². The molecular weight excluding hydrogens is 262 g/mol. The summed E-state index contributed by atoms with van der Waals surface area (Å²) in [5, 5.41) is 22.8. The van der Waals surface area contributed by atoms with Crippen LogP contribution in [0.3, 0.4) is 0 Å². The van der Waals surface area contributed by atoms with Crippen molar-refractivity contribution in [3.8, 4) is 0 Å². The van der Waals surface area contributed by atoms with Gasteiger partial charge in [0.25, 0.3) is 5.69 Å². The maximum atomic E-state index is 11.9. The van der Waals surface area contributed by atoms with E-state index in [1.54, 1.807) is 12.1 Å². The number of carbonyl (C=O) groups is 1. The molecule has 0 radical (unpaired) electrons. The van der Waals surface area contributed by atoms with Crippen LogP contribution in [0.15, 0.2) is 24.3 Å². The predicted octanol–water partition coefficient (Wildman–Crippen LogP) is 0.990. The fourth-order valence-corrected chi connectivity index (χ4v) is 2.21. The molecule has 1 aliphatic rings. The van der Waals surface area contributed by atoms with Crippen molar-refractivity contribution < 1.29 is 14.8 Å². The Morgan fingerprint density at radius 2 is 2.05 bits per heavy atom. The third-order valence-corrected chi connectivity index (χ3v) is 3.30. The predicted molar refractivity (Wildman–Crippen MR) is 73.4 cm³/mol. The Balaban J connectivity index is 1.93. The van der Waals surface area contributed by atoms with Crippen molar-refractivity contribution in [2.24, 2.45) is 0 Å². The average molecular weight is 279 g/mol. The molecule has 7 heteroatoms. The molecule has 0 atom stereocenters. The summed E-state index contributed by atoms with van der Waals surface area (Å²) in [5.74, 6) is -0.282. The van der Waals surface area contributed by atoms with Crippen LogP contribution in [0.4, 0.5) is 11.4 Å². The number of likely N-dealkylation sites (tertiary alicyclic amines) is 1. The minimum absolute atomic E-state index is 0.116. The van der Waals surface area contributed by atoms with Crippen molar-refractivity contribution >= 4 is 17.3 Å². The van der Waals surface area contributed by atoms with Crippen LogP contribution in [0.25, 0.3) is 0 Å². The number of aliphatic hydroxyl groups is 1. The smallest absolute Gasteiger partial charge is 0.292 e. The summed E-state index contributed by atoms with van der Waals surface area (Å²) in [7, 11) is 0. The molecule has 1 heterocycles. The summed E-state index contributed by atoms with van der Waals surface area (Å²) < 4.78 is 0. The Morgan fingerprint density at radius 3 is 2.70 bits per heavy atom. The van der Waals surface area contributed by atoms with E-state index < -0.39 is 4.92 Å². The van der Waals surface area contributed by atoms with Crippen LogP contribution in [0, 0.1) is 10.1 Å². The zero-order valence-electron chi connectivity index (χ0n) is 11.0. The standard InChI is InChI=1S/C13H17N3O4/c17-10-5-7-15(8-6-10)9-13(18)14-11-3-1-2-4-12(11)16(19)20/h1-4,10,17H,5-9H2,(H,14,18). The van der Waals surface area contributed by atoms with Gasteiger partial charge in [-0.15, -0.1) is 0 Å². The lowest BCUT2D eigenvalue weighted by atomic mass is 10.1. The van der Waals surface area contributed by atoms with Crippen LogP contribution in [0.1, 0.15) is 12.8 Å². The number of rotatable bonds is 4. The van der Waals surface area contributed by atoms with Gasteiger partial charge in [-0.3, -0.25) is 19.8 Å². The lowest BCUT2D eigenvalue weighted by Gasteiger charge is -2.28. The highest BCUT2D eigenvalue weighted by Gasteiger charge is 2.20. The number of benzene rings is 1. The number of para-hydroxylation sites is 2. The Kier molecular flexibility index (Phi) is 4.65. The highest BCUT2D eigenvalue weighted by atomic mass is 16.6. The third kappa shape index (κ3) is 3.75. The van der Waals surface area contributed by atoms with E-state index in [4.69, 9.17) is 0 Å². The van der Waals surface area contributed by atoms with Gasteiger partial charge in [-0.25, -0.2) is 0 Å². The largest absolute Gasteiger partial charge is 0.393 e. The van der Waals surface area contributed by atoms with Gasteiger partial charge in [-0.2, -0.15) is 0 Å². The fraction of sp³-hybridized carbons (Fsp3) is 0.462. The number of nitrogens with one attached hydrogen (secondary N) is 1. The van der Waals surface area contributed by atoms with Gasteiger partial charge in [0, 0.05) is 19.2 Å². The zero-order valence-corrected chi connectivity index (χ0v) is 11.0. The second-order valence-electron chi connectivity index (χ2n) is 4.83. The highest BCUT2D eigenvalue weighted by Crippen LogP contribution is 2.23. The van der Waals surface area contributed by atoms with Gasteiger partial charge in [-0.05, 0) is 18.9 Å². The molecule has 2 N–H and O–H groups in total. The van der Waals surface area contributed by atoms with E-state index in [1.165, 1.54) is 12.1 Å². The SMILES string of the molecule is O=C(CN1CCC(O)CC1)Nc1ccccc1[N+](=O)[O-]. The first-order valence-electron chi connectivity index (χ1n) is 6.50. The first-order chi connectivity index (χ1) is 9.56. The Morgan fingerprint density at radius 1 is 1.40 bits per heavy atom. The number of piperidine rings is 1. The fourth-order valence-electron chi connectivity index (χ4n) is 2.21. The third-order valence-electron chi connectivity index (χ3n) is 3.30. The number of hydrogen-bond acceptors (Lipinski definition) is 5. The van der Waals surface area contributed by atoms with Gasteiger partial charge in [0.05, 0.1) is 17.6 Å². The van der Waals surface area contributed by atoms with Crippen LogP contribution in [-0.4, -0.2) is 46.6 Å². The number of amides is 1. The van der Waals surface area contributed by atoms with Gasteiger partial charge in [0.2, 0.25) is 5.91 Å². The number of carbonyl (C=O) groups excluding carboxylic acids is 1. The van der Waals surface area contributed by atoms with Crippen LogP contribution in [0.5, 0.6) is 0 Å². The number of anilines is 1. The highest BCUT2D eigenvalue weighted by molar-refractivity contribution is 5.94. The molecule has 0 unspecified atom stereocenters. The number of hydrogen-bond donors (Lipinski definition) is 2. The van der Waals surface area contributed by atoms with E-state index in [9.17, 15) is 20.0 Å². The second-order valence-corrected chi connectivity index (χ2v) is 4.83. The summed E-state index contributed by atoms with van der Waals surface area (Å²) in [6, 6.07) is 6.06. The number of nitro benzene ring substituents is 1. The molecule has 0 bridgehead atoms. The lowest BCUT2D eigenvalue weighted by molar-refractivity contribution is -0.383. The topological polar surface area (TPSA) is 95.7 Å². The zero-order chi connectivity index (χ0) is 14.5. The molecule has 7 nitrogen and oxygen atoms in total. The summed E-state index contributed by atoms with van der Waals surface area (Å²) in [5.41, 5.74) is 0.0921. The number of nitrogens with zero attached hydrogens (tertiary/aromatic N) is 2. The molecule has 0 aromatic heterocycles. The van der Waals surface area contributed by atoms with Gasteiger partial charge in [-0.1, -0.05) is 12.1 Å². The summed E-state index contributed by atoms with van der Waals surface area (Å²) in [6.45, 7) is 1.50. The Hall–Kier alpha value is -1.99. The second kappa shape index (κ2) is 6.44. The van der Waals surface area contributed by atoms with Crippen molar-refractivity contribution in [1.82, 2.24) is 4.90 Å². The van der Waals surface area contributed by atoms with Crippen molar-refractivity contribution in [3.05, 3.63) is 34.4 Å². The van der Waals surface area contributed by atoms with E-state index in [1.807, 2.05) is 4.90 Å². The molecule has 1 aromatic rings. The Bertz CT molecular complexity index is 498. The maximum absolute atomic E-state index is 11.9. The van der Waals surface area contributed by atoms with Crippen LogP contribution in [0.2, 0.25) is 0 Å². The first kappa shape index (κ1) is 14.4. The van der Waals surface area contributed by atoms with Gasteiger partial charge < -0.3 is 10.4 Å². The monoisotopic (exact) mass is 279 g/mol. The van der Waals surface area contributed by atoms with E-state index in [0.29, 0.717) is 25.9 Å². The van der Waals surface area contributed by atoms with Gasteiger partial charge in [0.15, 0.2) is 0 Å². The molecule has 1 saturated heterocycles. The van der Waals surface area contributed by atoms with Crippen LogP contribution in [-0.2, 0) is 4.79 Å². The van der Waals surface area contributed by atoms with Crippen molar-refractivity contribution in [1.29, 1.82) is 0 Å². The van der Waals surface area contributed by atoms with Crippen molar-refractivity contribution in [3.63, 3.8) is 0 Å². The number of aliphatic hydroxyl groups excluding tert-OH is 1. The van der Waals surface area contributed by atoms with E-state index in [2.05, 4.69) is 5.32 Å². The molecule has 2 rings (SSSR count). The molecule has 1 aliphatic heterocycles. The molecule has 1 amide bonds. The molecule has 1 fully saturated rings. The Labute approximate surface area is 116 Å². The molecule has 0 spiro atoms. The van der Waals surface area contributed by atoms with Crippen molar-refractivity contribution in [2.75, 3.05) is 25.0 Å². The van der Waals surface area contributed by atoms with Crippen LogP contribution < -0.4 is 5.32 Å². The van der Waals surface area contributed by atoms with E-state index in [0.717, 1.165) is 0 Å². The molecule has 0 aliphatic carbocycles. The average Bonchev–Trinajstić information content (AvgIpc) is 2.41. The molecule has 20 heavy (non-hydrogen) atoms. The minimum Gasteiger partial charge on any atom is -0.393 e. The van der Waals surface area contributed by atoms with Crippen molar-refractivity contribution in [2.45, 2.75) is 18.9 Å². The lowest BCUT2D eigenvalue weighted by Crippen LogP contribution is -2.40. The van der Waals surface area contributed by atoms with Gasteiger partial charge in [0.1, 0.15) is 5.69 Å². The number of nitro groups is 1. The molecule has 108 valence electrons.